The van der Waals surface area contributed by atoms with Crippen LogP contribution in [-0.4, -0.2) is 26.2 Å². The molecular formula is C20H17ClN4O2S. The van der Waals surface area contributed by atoms with Gasteiger partial charge in [-0.2, -0.15) is 0 Å². The third-order valence-electron chi connectivity index (χ3n) is 4.35. The Labute approximate surface area is 169 Å². The number of thioether (sulfide) groups is 1. The van der Waals surface area contributed by atoms with Crippen LogP contribution in [0.4, 0.5) is 5.69 Å². The second kappa shape index (κ2) is 7.69. The molecule has 0 aliphatic rings. The zero-order valence-electron chi connectivity index (χ0n) is 15.0. The van der Waals surface area contributed by atoms with Gasteiger partial charge in [0, 0.05) is 28.2 Å². The summed E-state index contributed by atoms with van der Waals surface area (Å²) in [5.74, 6) is -0.0358. The second-order valence-electron chi connectivity index (χ2n) is 6.18. The molecule has 6 nitrogen and oxygen atoms in total. The highest BCUT2D eigenvalue weighted by Crippen LogP contribution is 2.24. The Morgan fingerprint density at radius 1 is 1.21 bits per heavy atom. The molecule has 0 aliphatic heterocycles. The number of fused-ring (bicyclic) bond motifs is 3. The number of nitrogens with one attached hydrogen (secondary N) is 2. The maximum Gasteiger partial charge on any atom is 0.278 e. The maximum absolute atomic E-state index is 12.9. The highest BCUT2D eigenvalue weighted by molar-refractivity contribution is 7.99. The molecule has 28 heavy (non-hydrogen) atoms. The van der Waals surface area contributed by atoms with Gasteiger partial charge in [0.1, 0.15) is 11.0 Å². The third-order valence-corrected chi connectivity index (χ3v) is 5.58. The van der Waals surface area contributed by atoms with Crippen LogP contribution >= 0.6 is 23.4 Å². The Balaban J connectivity index is 1.62. The average molecular weight is 413 g/mol. The van der Waals surface area contributed by atoms with Crippen LogP contribution in [0.25, 0.3) is 21.9 Å². The number of carbonyl (C=O) groups excluding carboxylic acids is 1. The van der Waals surface area contributed by atoms with E-state index in [9.17, 15) is 9.59 Å². The zero-order chi connectivity index (χ0) is 19.7. The Morgan fingerprint density at radius 3 is 2.71 bits per heavy atom. The van der Waals surface area contributed by atoms with E-state index in [2.05, 4.69) is 15.3 Å². The SMILES string of the molecule is CCn1c(SCC(=O)Nc2ccc(Cl)cc2)nc2c([nH]c3ccccc32)c1=O. The zero-order valence-corrected chi connectivity index (χ0v) is 16.6. The van der Waals surface area contributed by atoms with Gasteiger partial charge in [-0.3, -0.25) is 14.2 Å². The van der Waals surface area contributed by atoms with Crippen molar-refractivity contribution >= 4 is 56.9 Å². The predicted octanol–water partition coefficient (Wildman–Crippen LogP) is 4.28. The maximum atomic E-state index is 12.9. The topological polar surface area (TPSA) is 79.8 Å². The van der Waals surface area contributed by atoms with Gasteiger partial charge in [0.25, 0.3) is 5.56 Å². The van der Waals surface area contributed by atoms with E-state index < -0.39 is 0 Å². The molecule has 0 saturated heterocycles. The van der Waals surface area contributed by atoms with Crippen LogP contribution in [0.3, 0.4) is 0 Å². The minimum Gasteiger partial charge on any atom is -0.349 e. The van der Waals surface area contributed by atoms with Crippen LogP contribution in [0.2, 0.25) is 5.02 Å². The minimum absolute atomic E-state index is 0.135. The summed E-state index contributed by atoms with van der Waals surface area (Å²) < 4.78 is 1.58. The fourth-order valence-electron chi connectivity index (χ4n) is 3.03. The van der Waals surface area contributed by atoms with Gasteiger partial charge in [0.05, 0.1) is 5.75 Å². The van der Waals surface area contributed by atoms with Crippen molar-refractivity contribution in [3.05, 3.63) is 63.9 Å². The van der Waals surface area contributed by atoms with Crippen molar-refractivity contribution in [1.29, 1.82) is 0 Å². The van der Waals surface area contributed by atoms with Crippen molar-refractivity contribution in [2.75, 3.05) is 11.1 Å². The lowest BCUT2D eigenvalue weighted by atomic mass is 10.2. The summed E-state index contributed by atoms with van der Waals surface area (Å²) in [6.07, 6.45) is 0. The molecular weight excluding hydrogens is 396 g/mol. The van der Waals surface area contributed by atoms with Crippen LogP contribution in [-0.2, 0) is 11.3 Å². The number of nitrogens with zero attached hydrogens (tertiary/aromatic N) is 2. The molecule has 2 aromatic carbocycles. The van der Waals surface area contributed by atoms with E-state index in [-0.39, 0.29) is 17.2 Å². The highest BCUT2D eigenvalue weighted by atomic mass is 35.5. The Kier molecular flexibility index (Phi) is 5.11. The van der Waals surface area contributed by atoms with Crippen LogP contribution in [0.15, 0.2) is 58.5 Å². The summed E-state index contributed by atoms with van der Waals surface area (Å²) in [7, 11) is 0. The van der Waals surface area contributed by atoms with Gasteiger partial charge in [-0.25, -0.2) is 4.98 Å². The molecule has 2 aromatic heterocycles. The number of amides is 1. The van der Waals surface area contributed by atoms with Crippen LogP contribution in [0.1, 0.15) is 6.92 Å². The van der Waals surface area contributed by atoms with Gasteiger partial charge in [0.15, 0.2) is 5.16 Å². The highest BCUT2D eigenvalue weighted by Gasteiger charge is 2.16. The van der Waals surface area contributed by atoms with E-state index in [0.717, 1.165) is 10.9 Å². The van der Waals surface area contributed by atoms with Crippen LogP contribution in [0.5, 0.6) is 0 Å². The molecule has 0 atom stereocenters. The normalized spacial score (nSPS) is 11.2. The molecule has 1 amide bonds. The molecule has 0 radical (unpaired) electrons. The van der Waals surface area contributed by atoms with Gasteiger partial charge in [-0.05, 0) is 37.3 Å². The smallest absolute Gasteiger partial charge is 0.278 e. The van der Waals surface area contributed by atoms with E-state index in [1.54, 1.807) is 28.8 Å². The Morgan fingerprint density at radius 2 is 1.96 bits per heavy atom. The average Bonchev–Trinajstić information content (AvgIpc) is 3.07. The third kappa shape index (κ3) is 3.50. The molecule has 0 bridgehead atoms. The number of H-pyrrole nitrogens is 1. The molecule has 0 aliphatic carbocycles. The van der Waals surface area contributed by atoms with Crippen molar-refractivity contribution in [3.8, 4) is 0 Å². The van der Waals surface area contributed by atoms with E-state index in [1.165, 1.54) is 11.8 Å². The van der Waals surface area contributed by atoms with E-state index in [0.29, 0.717) is 33.4 Å². The van der Waals surface area contributed by atoms with Crippen LogP contribution in [0, 0.1) is 0 Å². The molecule has 8 heteroatoms. The molecule has 2 heterocycles. The van der Waals surface area contributed by atoms with Gasteiger partial charge in [-0.1, -0.05) is 41.6 Å². The lowest BCUT2D eigenvalue weighted by Crippen LogP contribution is -2.23. The standard InChI is InChI=1S/C20H17ClN4O2S/c1-2-25-19(27)18-17(14-5-3-4-6-15(14)23-18)24-20(25)28-11-16(26)22-13-9-7-12(21)8-10-13/h3-10,23H,2,11H2,1H3,(H,22,26). The van der Waals surface area contributed by atoms with E-state index in [4.69, 9.17) is 11.6 Å². The molecule has 0 unspecified atom stereocenters. The summed E-state index contributed by atoms with van der Waals surface area (Å²) in [6, 6.07) is 14.6. The lowest BCUT2D eigenvalue weighted by Gasteiger charge is -2.10. The first-order chi connectivity index (χ1) is 13.6. The number of benzene rings is 2. The molecule has 0 fully saturated rings. The van der Waals surface area contributed by atoms with Crippen molar-refractivity contribution in [3.63, 3.8) is 0 Å². The van der Waals surface area contributed by atoms with Gasteiger partial charge < -0.3 is 10.3 Å². The molecule has 0 saturated carbocycles. The molecule has 2 N–H and O–H groups in total. The first-order valence-electron chi connectivity index (χ1n) is 8.76. The number of anilines is 1. The van der Waals surface area contributed by atoms with Gasteiger partial charge in [0.2, 0.25) is 5.91 Å². The number of hydrogen-bond acceptors (Lipinski definition) is 4. The number of halogens is 1. The van der Waals surface area contributed by atoms with Crippen molar-refractivity contribution in [2.45, 2.75) is 18.6 Å². The number of carbonyl (C=O) groups is 1. The summed E-state index contributed by atoms with van der Waals surface area (Å²) in [6.45, 7) is 2.35. The summed E-state index contributed by atoms with van der Waals surface area (Å²) in [5.41, 5.74) is 2.52. The number of para-hydroxylation sites is 1. The lowest BCUT2D eigenvalue weighted by molar-refractivity contribution is -0.113. The monoisotopic (exact) mass is 412 g/mol. The van der Waals surface area contributed by atoms with Crippen molar-refractivity contribution < 1.29 is 4.79 Å². The Hall–Kier alpha value is -2.77. The minimum atomic E-state index is -0.178. The van der Waals surface area contributed by atoms with E-state index >= 15 is 0 Å². The largest absolute Gasteiger partial charge is 0.349 e. The molecule has 4 rings (SSSR count). The molecule has 4 aromatic rings. The fraction of sp³-hybridized carbons (Fsp3) is 0.150. The van der Waals surface area contributed by atoms with Crippen molar-refractivity contribution in [1.82, 2.24) is 14.5 Å². The van der Waals surface area contributed by atoms with Crippen LogP contribution < -0.4 is 10.9 Å². The second-order valence-corrected chi connectivity index (χ2v) is 7.56. The fourth-order valence-corrected chi connectivity index (χ4v) is 4.01. The number of aromatic nitrogens is 3. The number of rotatable bonds is 5. The van der Waals surface area contributed by atoms with Gasteiger partial charge >= 0.3 is 0 Å². The summed E-state index contributed by atoms with van der Waals surface area (Å²) in [4.78, 5) is 33.0. The van der Waals surface area contributed by atoms with Gasteiger partial charge in [-0.15, -0.1) is 0 Å². The first-order valence-corrected chi connectivity index (χ1v) is 10.1. The Bertz CT molecular complexity index is 1230. The number of hydrogen-bond donors (Lipinski definition) is 2. The molecule has 0 spiro atoms. The first kappa shape index (κ1) is 18.6. The molecule has 142 valence electrons. The van der Waals surface area contributed by atoms with E-state index in [1.807, 2.05) is 31.2 Å². The van der Waals surface area contributed by atoms with Crippen molar-refractivity contribution in [2.24, 2.45) is 0 Å². The predicted molar refractivity (Wildman–Crippen MR) is 114 cm³/mol. The quantitative estimate of drug-likeness (QED) is 0.378. The number of aromatic amines is 1. The summed E-state index contributed by atoms with van der Waals surface area (Å²) >= 11 is 7.10. The summed E-state index contributed by atoms with van der Waals surface area (Å²) in [5, 5.41) is 4.84.